The molecule has 0 spiro atoms. The van der Waals surface area contributed by atoms with Crippen molar-refractivity contribution in [1.82, 2.24) is 4.90 Å². The van der Waals surface area contributed by atoms with E-state index in [1.807, 2.05) is 43.0 Å². The van der Waals surface area contributed by atoms with Gasteiger partial charge in [-0.25, -0.2) is 0 Å². The smallest absolute Gasteiger partial charge is 0.229 e. The zero-order valence-corrected chi connectivity index (χ0v) is 16.7. The van der Waals surface area contributed by atoms with Crippen molar-refractivity contribution in [2.75, 3.05) is 23.7 Å². The van der Waals surface area contributed by atoms with Crippen LogP contribution in [-0.4, -0.2) is 35.8 Å². The zero-order chi connectivity index (χ0) is 19.2. The van der Waals surface area contributed by atoms with Crippen LogP contribution in [0.25, 0.3) is 0 Å². The Morgan fingerprint density at radius 3 is 2.30 bits per heavy atom. The molecule has 1 aliphatic heterocycles. The quantitative estimate of drug-likeness (QED) is 0.813. The highest BCUT2D eigenvalue weighted by molar-refractivity contribution is 5.93. The number of piperidine rings is 1. The number of hydrogen-bond donors (Lipinski definition) is 2. The highest BCUT2D eigenvalue weighted by Gasteiger charge is 2.29. The average molecular weight is 372 g/mol. The fraction of sp³-hybridized carbons (Fsp3) is 0.636. The van der Waals surface area contributed by atoms with Crippen molar-refractivity contribution in [3.8, 4) is 0 Å². The minimum absolute atomic E-state index is 0.0176. The monoisotopic (exact) mass is 371 g/mol. The second-order valence-electron chi connectivity index (χ2n) is 8.32. The maximum absolute atomic E-state index is 12.6. The molecule has 3 rings (SSSR count). The second-order valence-corrected chi connectivity index (χ2v) is 8.32. The SMILES string of the molecule is CC(C)C(=O)N1CCC[C@@H](C(=O)Nc2ccc(NC3CCCCC3)cc2)C1. The van der Waals surface area contributed by atoms with Crippen LogP contribution in [0.5, 0.6) is 0 Å². The van der Waals surface area contributed by atoms with Crippen molar-refractivity contribution >= 4 is 23.2 Å². The van der Waals surface area contributed by atoms with Gasteiger partial charge in [-0.1, -0.05) is 33.1 Å². The van der Waals surface area contributed by atoms with Gasteiger partial charge >= 0.3 is 0 Å². The molecule has 2 amide bonds. The zero-order valence-electron chi connectivity index (χ0n) is 16.7. The highest BCUT2D eigenvalue weighted by Crippen LogP contribution is 2.24. The molecule has 27 heavy (non-hydrogen) atoms. The molecule has 0 bridgehead atoms. The summed E-state index contributed by atoms with van der Waals surface area (Å²) in [5.41, 5.74) is 1.94. The molecule has 5 nitrogen and oxygen atoms in total. The fourth-order valence-electron chi connectivity index (χ4n) is 4.13. The number of hydrogen-bond acceptors (Lipinski definition) is 3. The van der Waals surface area contributed by atoms with Gasteiger partial charge < -0.3 is 15.5 Å². The molecule has 148 valence electrons. The van der Waals surface area contributed by atoms with Crippen LogP contribution in [0.3, 0.4) is 0 Å². The Balaban J connectivity index is 1.52. The van der Waals surface area contributed by atoms with Gasteiger partial charge in [0, 0.05) is 36.4 Å². The summed E-state index contributed by atoms with van der Waals surface area (Å²) in [6, 6.07) is 8.58. The first-order valence-corrected chi connectivity index (χ1v) is 10.5. The summed E-state index contributed by atoms with van der Waals surface area (Å²) < 4.78 is 0. The van der Waals surface area contributed by atoms with E-state index in [0.29, 0.717) is 12.6 Å². The number of amides is 2. The Hall–Kier alpha value is -2.04. The molecular formula is C22H33N3O2. The molecule has 1 saturated heterocycles. The highest BCUT2D eigenvalue weighted by atomic mass is 16.2. The van der Waals surface area contributed by atoms with E-state index < -0.39 is 0 Å². The number of anilines is 2. The van der Waals surface area contributed by atoms with Gasteiger partial charge in [0.15, 0.2) is 0 Å². The van der Waals surface area contributed by atoms with Gasteiger partial charge in [-0.05, 0) is 49.9 Å². The third kappa shape index (κ3) is 5.47. The maximum atomic E-state index is 12.6. The van der Waals surface area contributed by atoms with Gasteiger partial charge in [0.05, 0.1) is 5.92 Å². The van der Waals surface area contributed by atoms with Crippen molar-refractivity contribution in [1.29, 1.82) is 0 Å². The lowest BCUT2D eigenvalue weighted by molar-refractivity contribution is -0.137. The van der Waals surface area contributed by atoms with Crippen LogP contribution in [0.15, 0.2) is 24.3 Å². The number of likely N-dealkylation sites (tertiary alicyclic amines) is 1. The number of benzene rings is 1. The van der Waals surface area contributed by atoms with Crippen LogP contribution in [-0.2, 0) is 9.59 Å². The molecular weight excluding hydrogens is 338 g/mol. The molecule has 1 aromatic carbocycles. The van der Waals surface area contributed by atoms with Crippen molar-refractivity contribution in [2.24, 2.45) is 11.8 Å². The van der Waals surface area contributed by atoms with Crippen molar-refractivity contribution in [3.63, 3.8) is 0 Å². The molecule has 1 aromatic rings. The van der Waals surface area contributed by atoms with Gasteiger partial charge in [0.1, 0.15) is 0 Å². The Morgan fingerprint density at radius 1 is 0.963 bits per heavy atom. The summed E-state index contributed by atoms with van der Waals surface area (Å²) in [5.74, 6) is 0.0207. The van der Waals surface area contributed by atoms with Crippen LogP contribution in [0.4, 0.5) is 11.4 Å². The Labute approximate surface area is 162 Å². The first-order chi connectivity index (χ1) is 13.0. The number of nitrogens with zero attached hydrogens (tertiary/aromatic N) is 1. The van der Waals surface area contributed by atoms with Gasteiger partial charge in [0.2, 0.25) is 11.8 Å². The maximum Gasteiger partial charge on any atom is 0.229 e. The predicted molar refractivity (Wildman–Crippen MR) is 110 cm³/mol. The van der Waals surface area contributed by atoms with E-state index in [4.69, 9.17) is 0 Å². The first kappa shape index (κ1) is 19.7. The van der Waals surface area contributed by atoms with E-state index >= 15 is 0 Å². The normalized spacial score (nSPS) is 21.1. The summed E-state index contributed by atoms with van der Waals surface area (Å²) >= 11 is 0. The summed E-state index contributed by atoms with van der Waals surface area (Å²) in [6.45, 7) is 5.12. The Morgan fingerprint density at radius 2 is 1.63 bits per heavy atom. The summed E-state index contributed by atoms with van der Waals surface area (Å²) in [5, 5.41) is 6.62. The third-order valence-corrected chi connectivity index (χ3v) is 5.73. The molecule has 0 unspecified atom stereocenters. The van der Waals surface area contributed by atoms with Crippen LogP contribution < -0.4 is 10.6 Å². The molecule has 0 aromatic heterocycles. The van der Waals surface area contributed by atoms with E-state index in [1.165, 1.54) is 32.1 Å². The van der Waals surface area contributed by atoms with E-state index in [9.17, 15) is 9.59 Å². The van der Waals surface area contributed by atoms with Crippen molar-refractivity contribution in [2.45, 2.75) is 64.8 Å². The number of nitrogens with one attached hydrogen (secondary N) is 2. The van der Waals surface area contributed by atoms with Gasteiger partial charge in [-0.15, -0.1) is 0 Å². The second kappa shape index (κ2) is 9.25. The van der Waals surface area contributed by atoms with Crippen molar-refractivity contribution < 1.29 is 9.59 Å². The van der Waals surface area contributed by atoms with Crippen molar-refractivity contribution in [3.05, 3.63) is 24.3 Å². The minimum Gasteiger partial charge on any atom is -0.382 e. The summed E-state index contributed by atoms with van der Waals surface area (Å²) in [6.07, 6.45) is 8.19. The van der Waals surface area contributed by atoms with E-state index in [0.717, 1.165) is 30.8 Å². The molecule has 2 N–H and O–H groups in total. The lowest BCUT2D eigenvalue weighted by Crippen LogP contribution is -2.45. The molecule has 1 saturated carbocycles. The molecule has 2 fully saturated rings. The molecule has 0 radical (unpaired) electrons. The van der Waals surface area contributed by atoms with E-state index in [-0.39, 0.29) is 23.7 Å². The van der Waals surface area contributed by atoms with Gasteiger partial charge in [0.25, 0.3) is 0 Å². The van der Waals surface area contributed by atoms with Crippen LogP contribution in [0.1, 0.15) is 58.8 Å². The van der Waals surface area contributed by atoms with E-state index in [2.05, 4.69) is 10.6 Å². The lowest BCUT2D eigenvalue weighted by Gasteiger charge is -2.33. The lowest BCUT2D eigenvalue weighted by atomic mass is 9.95. The van der Waals surface area contributed by atoms with E-state index in [1.54, 1.807) is 0 Å². The fourth-order valence-corrected chi connectivity index (χ4v) is 4.13. The standard InChI is InChI=1S/C22H33N3O2/c1-16(2)22(27)25-14-6-7-17(15-25)21(26)24-20-12-10-19(11-13-20)23-18-8-4-3-5-9-18/h10-13,16-18,23H,3-9,14-15H2,1-2H3,(H,24,26)/t17-/m1/s1. The van der Waals surface area contributed by atoms with Crippen LogP contribution in [0, 0.1) is 11.8 Å². The molecule has 5 heteroatoms. The molecule has 2 aliphatic rings. The summed E-state index contributed by atoms with van der Waals surface area (Å²) in [4.78, 5) is 26.7. The largest absolute Gasteiger partial charge is 0.382 e. The summed E-state index contributed by atoms with van der Waals surface area (Å²) in [7, 11) is 0. The van der Waals surface area contributed by atoms with Crippen LogP contribution in [0.2, 0.25) is 0 Å². The average Bonchev–Trinajstić information content (AvgIpc) is 2.69. The number of rotatable bonds is 5. The van der Waals surface area contributed by atoms with Gasteiger partial charge in [-0.2, -0.15) is 0 Å². The first-order valence-electron chi connectivity index (χ1n) is 10.5. The molecule has 1 heterocycles. The number of carbonyl (C=O) groups is 2. The topological polar surface area (TPSA) is 61.4 Å². The third-order valence-electron chi connectivity index (χ3n) is 5.73. The number of carbonyl (C=O) groups excluding carboxylic acids is 2. The minimum atomic E-state index is -0.124. The Bertz CT molecular complexity index is 635. The molecule has 1 aliphatic carbocycles. The molecule has 1 atom stereocenters. The Kier molecular flexibility index (Phi) is 6.75. The predicted octanol–water partition coefficient (Wildman–Crippen LogP) is 4.26. The van der Waals surface area contributed by atoms with Crippen LogP contribution >= 0.6 is 0 Å². The van der Waals surface area contributed by atoms with Gasteiger partial charge in [-0.3, -0.25) is 9.59 Å².